The van der Waals surface area contributed by atoms with E-state index in [9.17, 15) is 13.6 Å². The lowest BCUT2D eigenvalue weighted by molar-refractivity contribution is 0.180. The first-order valence-corrected chi connectivity index (χ1v) is 8.36. The number of rotatable bonds is 2. The molecule has 0 saturated heterocycles. The lowest BCUT2D eigenvalue weighted by atomic mass is 9.99. The minimum Gasteiger partial charge on any atom is -0.348 e. The average molecular weight is 353 g/mol. The van der Waals surface area contributed by atoms with Gasteiger partial charge in [-0.15, -0.1) is 0 Å². The van der Waals surface area contributed by atoms with E-state index in [0.29, 0.717) is 24.3 Å². The number of halogens is 2. The molecule has 3 aromatic rings. The van der Waals surface area contributed by atoms with Crippen molar-refractivity contribution in [3.63, 3.8) is 0 Å². The van der Waals surface area contributed by atoms with Gasteiger partial charge >= 0.3 is 6.03 Å². The molecule has 1 aliphatic rings. The topological polar surface area (TPSA) is 37.3 Å². The normalized spacial score (nSPS) is 16.2. The molecule has 4 nitrogen and oxygen atoms in total. The number of urea groups is 1. The van der Waals surface area contributed by atoms with Crippen LogP contribution in [0.25, 0.3) is 0 Å². The third-order valence-electron chi connectivity index (χ3n) is 4.59. The van der Waals surface area contributed by atoms with Crippen LogP contribution in [-0.4, -0.2) is 22.0 Å². The molecule has 0 spiro atoms. The quantitative estimate of drug-likeness (QED) is 0.728. The molecular formula is C20H17F2N3O. The summed E-state index contributed by atoms with van der Waals surface area (Å²) in [5.41, 5.74) is 1.79. The fourth-order valence-electron chi connectivity index (χ4n) is 3.35. The number of amides is 2. The number of fused-ring (bicyclic) bond motifs is 1. The van der Waals surface area contributed by atoms with Gasteiger partial charge in [0, 0.05) is 36.2 Å². The molecule has 0 fully saturated rings. The van der Waals surface area contributed by atoms with Crippen LogP contribution in [0.1, 0.15) is 17.3 Å². The zero-order valence-corrected chi connectivity index (χ0v) is 13.9. The van der Waals surface area contributed by atoms with Crippen molar-refractivity contribution in [2.75, 3.05) is 11.9 Å². The largest absolute Gasteiger partial charge is 0.348 e. The molecule has 0 bridgehead atoms. The Bertz CT molecular complexity index is 936. The van der Waals surface area contributed by atoms with E-state index in [2.05, 4.69) is 5.32 Å². The van der Waals surface area contributed by atoms with Crippen LogP contribution in [0, 0.1) is 11.6 Å². The number of carbonyl (C=O) groups is 1. The van der Waals surface area contributed by atoms with Crippen LogP contribution in [0.2, 0.25) is 0 Å². The summed E-state index contributed by atoms with van der Waals surface area (Å²) in [6, 6.07) is 15.0. The lowest BCUT2D eigenvalue weighted by Gasteiger charge is -2.37. The number of nitrogens with one attached hydrogen (secondary N) is 1. The maximum absolute atomic E-state index is 14.5. The second kappa shape index (κ2) is 6.63. The second-order valence-electron chi connectivity index (χ2n) is 6.18. The molecule has 6 heteroatoms. The number of nitrogens with zero attached hydrogens (tertiary/aromatic N) is 2. The predicted molar refractivity (Wildman–Crippen MR) is 94.8 cm³/mol. The highest BCUT2D eigenvalue weighted by Gasteiger charge is 2.33. The van der Waals surface area contributed by atoms with Crippen LogP contribution < -0.4 is 5.32 Å². The van der Waals surface area contributed by atoms with Crippen molar-refractivity contribution < 1.29 is 13.6 Å². The molecule has 1 atom stereocenters. The number of aromatic nitrogens is 1. The van der Waals surface area contributed by atoms with Gasteiger partial charge in [-0.1, -0.05) is 18.2 Å². The van der Waals surface area contributed by atoms with Crippen molar-refractivity contribution in [1.29, 1.82) is 0 Å². The van der Waals surface area contributed by atoms with Gasteiger partial charge in [0.2, 0.25) is 0 Å². The van der Waals surface area contributed by atoms with E-state index in [1.54, 1.807) is 23.1 Å². The fraction of sp³-hybridized carbons (Fsp3) is 0.150. The molecule has 2 heterocycles. The summed E-state index contributed by atoms with van der Waals surface area (Å²) in [5.74, 6) is -0.727. The molecule has 0 saturated carbocycles. The van der Waals surface area contributed by atoms with E-state index in [-0.39, 0.29) is 17.7 Å². The zero-order chi connectivity index (χ0) is 18.1. The SMILES string of the molecule is O=C(Nc1ccc(F)cc1)N1CCn2cccc2C1c1ccccc1F. The van der Waals surface area contributed by atoms with Crippen molar-refractivity contribution >= 4 is 11.7 Å². The summed E-state index contributed by atoms with van der Waals surface area (Å²) in [6.45, 7) is 1.07. The van der Waals surface area contributed by atoms with Crippen LogP contribution in [0.4, 0.5) is 19.3 Å². The highest BCUT2D eigenvalue weighted by Crippen LogP contribution is 2.34. The Kier molecular flexibility index (Phi) is 4.16. The van der Waals surface area contributed by atoms with Gasteiger partial charge in [0.25, 0.3) is 0 Å². The first kappa shape index (κ1) is 16.3. The molecule has 2 aromatic carbocycles. The van der Waals surface area contributed by atoms with Gasteiger partial charge < -0.3 is 14.8 Å². The van der Waals surface area contributed by atoms with Gasteiger partial charge in [-0.05, 0) is 42.5 Å². The first-order valence-electron chi connectivity index (χ1n) is 8.36. The standard InChI is InChI=1S/C20H17F2N3O/c21-14-7-9-15(10-8-14)23-20(26)25-13-12-24-11-3-6-18(24)19(25)16-4-1-2-5-17(16)22/h1-11,19H,12-13H2,(H,23,26). The minimum absolute atomic E-state index is 0.350. The van der Waals surface area contributed by atoms with E-state index in [1.165, 1.54) is 30.3 Å². The van der Waals surface area contributed by atoms with Crippen LogP contribution in [-0.2, 0) is 6.54 Å². The smallest absolute Gasteiger partial charge is 0.322 e. The van der Waals surface area contributed by atoms with E-state index < -0.39 is 6.04 Å². The average Bonchev–Trinajstić information content (AvgIpc) is 3.12. The predicted octanol–water partition coefficient (Wildman–Crippen LogP) is 4.40. The van der Waals surface area contributed by atoms with Gasteiger partial charge in [0.15, 0.2) is 0 Å². The molecule has 26 heavy (non-hydrogen) atoms. The molecule has 1 N–H and O–H groups in total. The van der Waals surface area contributed by atoms with E-state index in [0.717, 1.165) is 5.69 Å². The monoisotopic (exact) mass is 353 g/mol. The van der Waals surface area contributed by atoms with Crippen molar-refractivity contribution in [3.8, 4) is 0 Å². The first-order chi connectivity index (χ1) is 12.6. The Balaban J connectivity index is 1.69. The van der Waals surface area contributed by atoms with Gasteiger partial charge in [-0.2, -0.15) is 0 Å². The highest BCUT2D eigenvalue weighted by atomic mass is 19.1. The molecule has 1 unspecified atom stereocenters. The van der Waals surface area contributed by atoms with Gasteiger partial charge in [-0.25, -0.2) is 13.6 Å². The summed E-state index contributed by atoms with van der Waals surface area (Å²) in [4.78, 5) is 14.5. The summed E-state index contributed by atoms with van der Waals surface area (Å²) in [6.07, 6.45) is 1.93. The molecule has 0 radical (unpaired) electrons. The Morgan fingerprint density at radius 2 is 1.73 bits per heavy atom. The number of carbonyl (C=O) groups excluding carboxylic acids is 1. The third-order valence-corrected chi connectivity index (χ3v) is 4.59. The van der Waals surface area contributed by atoms with Crippen molar-refractivity contribution in [2.45, 2.75) is 12.6 Å². The van der Waals surface area contributed by atoms with E-state index in [4.69, 9.17) is 0 Å². The van der Waals surface area contributed by atoms with Gasteiger partial charge in [-0.3, -0.25) is 0 Å². The van der Waals surface area contributed by atoms with Crippen LogP contribution >= 0.6 is 0 Å². The van der Waals surface area contributed by atoms with Crippen LogP contribution in [0.15, 0.2) is 66.9 Å². The van der Waals surface area contributed by atoms with Gasteiger partial charge in [0.05, 0.1) is 0 Å². The second-order valence-corrected chi connectivity index (χ2v) is 6.18. The van der Waals surface area contributed by atoms with Gasteiger partial charge in [0.1, 0.15) is 17.7 Å². The molecule has 1 aromatic heterocycles. The summed E-state index contributed by atoms with van der Waals surface area (Å²) in [7, 11) is 0. The Morgan fingerprint density at radius 3 is 2.50 bits per heavy atom. The summed E-state index contributed by atoms with van der Waals surface area (Å²) >= 11 is 0. The highest BCUT2D eigenvalue weighted by molar-refractivity contribution is 5.90. The molecule has 132 valence electrons. The van der Waals surface area contributed by atoms with Crippen molar-refractivity contribution in [2.24, 2.45) is 0 Å². The lowest BCUT2D eigenvalue weighted by Crippen LogP contribution is -2.44. The van der Waals surface area contributed by atoms with Crippen LogP contribution in [0.3, 0.4) is 0 Å². The van der Waals surface area contributed by atoms with Crippen molar-refractivity contribution in [3.05, 3.63) is 89.8 Å². The summed E-state index contributed by atoms with van der Waals surface area (Å²) in [5, 5.41) is 2.77. The van der Waals surface area contributed by atoms with Crippen LogP contribution in [0.5, 0.6) is 0 Å². The number of hydrogen-bond donors (Lipinski definition) is 1. The Labute approximate surface area is 149 Å². The Morgan fingerprint density at radius 1 is 0.962 bits per heavy atom. The molecular weight excluding hydrogens is 336 g/mol. The maximum atomic E-state index is 14.5. The Hall–Kier alpha value is -3.15. The minimum atomic E-state index is -0.527. The fourth-order valence-corrected chi connectivity index (χ4v) is 3.35. The van der Waals surface area contributed by atoms with E-state index >= 15 is 0 Å². The third kappa shape index (κ3) is 2.94. The summed E-state index contributed by atoms with van der Waals surface area (Å²) < 4.78 is 29.6. The number of benzene rings is 2. The number of anilines is 1. The zero-order valence-electron chi connectivity index (χ0n) is 13.9. The molecule has 4 rings (SSSR count). The van der Waals surface area contributed by atoms with E-state index in [1.807, 2.05) is 22.9 Å². The molecule has 0 aliphatic carbocycles. The maximum Gasteiger partial charge on any atom is 0.322 e. The molecule has 2 amide bonds. The number of hydrogen-bond acceptors (Lipinski definition) is 1. The van der Waals surface area contributed by atoms with Crippen molar-refractivity contribution in [1.82, 2.24) is 9.47 Å². The molecule has 1 aliphatic heterocycles.